The van der Waals surface area contributed by atoms with Gasteiger partial charge in [-0.1, -0.05) is 0 Å². The van der Waals surface area contributed by atoms with Crippen LogP contribution in [-0.2, 0) is 0 Å². The number of thiol groups is 1. The number of aromatic carboxylic acids is 1. The predicted octanol–water partition coefficient (Wildman–Crippen LogP) is 2.12. The van der Waals surface area contributed by atoms with Crippen LogP contribution >= 0.6 is 12.6 Å². The smallest absolute Gasteiger partial charge is 0.338 e. The van der Waals surface area contributed by atoms with Crippen LogP contribution in [0.25, 0.3) is 0 Å². The lowest BCUT2D eigenvalue weighted by atomic mass is 10.1. The van der Waals surface area contributed by atoms with Gasteiger partial charge in [-0.05, 0) is 24.6 Å². The Bertz CT molecular complexity index is 336. The second-order valence-electron chi connectivity index (χ2n) is 2.42. The number of hydrogen-bond acceptors (Lipinski definition) is 2. The Labute approximate surface area is 74.4 Å². The molecule has 64 valence electrons. The van der Waals surface area contributed by atoms with Crippen molar-refractivity contribution in [3.8, 4) is 0 Å². The average Bonchev–Trinajstić information content (AvgIpc) is 1.96. The fourth-order valence-corrected chi connectivity index (χ4v) is 1.02. The van der Waals surface area contributed by atoms with Gasteiger partial charge in [0.05, 0.1) is 5.56 Å². The van der Waals surface area contributed by atoms with E-state index in [4.69, 9.17) is 5.11 Å². The number of carboxylic acid groups (broad SMARTS) is 1. The molecule has 0 heterocycles. The van der Waals surface area contributed by atoms with E-state index < -0.39 is 11.8 Å². The molecule has 0 spiro atoms. The van der Waals surface area contributed by atoms with Crippen LogP contribution < -0.4 is 0 Å². The molecule has 0 saturated carbocycles. The lowest BCUT2D eigenvalue weighted by Crippen LogP contribution is -2.01. The minimum absolute atomic E-state index is 0.342. The van der Waals surface area contributed by atoms with E-state index in [2.05, 4.69) is 12.6 Å². The highest BCUT2D eigenvalue weighted by molar-refractivity contribution is 7.80. The van der Waals surface area contributed by atoms with Crippen molar-refractivity contribution >= 4 is 18.6 Å². The van der Waals surface area contributed by atoms with Crippen LogP contribution in [0.2, 0.25) is 0 Å². The molecule has 4 heteroatoms. The van der Waals surface area contributed by atoms with E-state index in [-0.39, 0.29) is 5.56 Å². The highest BCUT2D eigenvalue weighted by Crippen LogP contribution is 2.18. The van der Waals surface area contributed by atoms with Gasteiger partial charge >= 0.3 is 5.97 Å². The molecule has 1 rings (SSSR count). The molecule has 0 radical (unpaired) electrons. The van der Waals surface area contributed by atoms with Gasteiger partial charge < -0.3 is 5.11 Å². The molecular formula is C8H7FO2S. The molecule has 0 bridgehead atoms. The Balaban J connectivity index is 3.33. The maximum absolute atomic E-state index is 12.9. The molecule has 0 aromatic heterocycles. The minimum Gasteiger partial charge on any atom is -0.478 e. The molecule has 1 aromatic rings. The number of carboxylic acids is 1. The van der Waals surface area contributed by atoms with E-state index in [1.165, 1.54) is 6.07 Å². The summed E-state index contributed by atoms with van der Waals surface area (Å²) in [5, 5.41) is 8.51. The first kappa shape index (κ1) is 9.06. The molecule has 0 aliphatic heterocycles. The van der Waals surface area contributed by atoms with Crippen molar-refractivity contribution in [2.75, 3.05) is 0 Å². The summed E-state index contributed by atoms with van der Waals surface area (Å²) in [4.78, 5) is 10.9. The topological polar surface area (TPSA) is 37.3 Å². The summed E-state index contributed by atoms with van der Waals surface area (Å²) in [5.74, 6) is -2.00. The normalized spacial score (nSPS) is 9.92. The van der Waals surface area contributed by atoms with Crippen molar-refractivity contribution in [3.05, 3.63) is 29.1 Å². The molecule has 0 fully saturated rings. The number of halogens is 1. The summed E-state index contributed by atoms with van der Waals surface area (Å²) >= 11 is 3.98. The summed E-state index contributed by atoms with van der Waals surface area (Å²) in [6.07, 6.45) is 0. The van der Waals surface area contributed by atoms with Gasteiger partial charge in [0.1, 0.15) is 5.82 Å². The number of benzene rings is 1. The summed E-state index contributed by atoms with van der Waals surface area (Å²) in [6, 6.07) is 2.36. The standard InChI is InChI=1S/C8H7FO2S/c1-4-2-6(9)5(8(10)11)3-7(4)12/h2-3,12H,1H3,(H,10,11). The summed E-state index contributed by atoms with van der Waals surface area (Å²) in [7, 11) is 0. The monoisotopic (exact) mass is 186 g/mol. The number of hydrogen-bond donors (Lipinski definition) is 2. The van der Waals surface area contributed by atoms with Crippen LogP contribution in [0.3, 0.4) is 0 Å². The maximum atomic E-state index is 12.9. The zero-order valence-corrected chi connectivity index (χ0v) is 7.23. The summed E-state index contributed by atoms with van der Waals surface area (Å²) in [6.45, 7) is 1.66. The largest absolute Gasteiger partial charge is 0.478 e. The Hall–Kier alpha value is -1.03. The van der Waals surface area contributed by atoms with Crippen LogP contribution in [0.1, 0.15) is 15.9 Å². The third-order valence-electron chi connectivity index (χ3n) is 1.52. The zero-order chi connectivity index (χ0) is 9.30. The Morgan fingerprint density at radius 2 is 2.17 bits per heavy atom. The van der Waals surface area contributed by atoms with Gasteiger partial charge in [0, 0.05) is 4.90 Å². The number of rotatable bonds is 1. The van der Waals surface area contributed by atoms with Crippen LogP contribution in [0.5, 0.6) is 0 Å². The molecule has 0 atom stereocenters. The van der Waals surface area contributed by atoms with Crippen molar-refractivity contribution < 1.29 is 14.3 Å². The molecule has 0 aliphatic rings. The third kappa shape index (κ3) is 1.58. The van der Waals surface area contributed by atoms with Crippen molar-refractivity contribution in [2.45, 2.75) is 11.8 Å². The van der Waals surface area contributed by atoms with Crippen molar-refractivity contribution in [1.82, 2.24) is 0 Å². The number of carbonyl (C=O) groups is 1. The molecule has 12 heavy (non-hydrogen) atoms. The minimum atomic E-state index is -1.28. The van der Waals surface area contributed by atoms with E-state index >= 15 is 0 Å². The van der Waals surface area contributed by atoms with Crippen molar-refractivity contribution in [1.29, 1.82) is 0 Å². The molecule has 2 nitrogen and oxygen atoms in total. The van der Waals surface area contributed by atoms with Crippen molar-refractivity contribution in [2.24, 2.45) is 0 Å². The van der Waals surface area contributed by atoms with Gasteiger partial charge in [0.15, 0.2) is 0 Å². The lowest BCUT2D eigenvalue weighted by molar-refractivity contribution is 0.0691. The van der Waals surface area contributed by atoms with Crippen molar-refractivity contribution in [3.63, 3.8) is 0 Å². The predicted molar refractivity (Wildman–Crippen MR) is 45.3 cm³/mol. The zero-order valence-electron chi connectivity index (χ0n) is 6.34. The molecule has 1 N–H and O–H groups in total. The highest BCUT2D eigenvalue weighted by Gasteiger charge is 2.11. The fraction of sp³-hybridized carbons (Fsp3) is 0.125. The maximum Gasteiger partial charge on any atom is 0.338 e. The van der Waals surface area contributed by atoms with Crippen LogP contribution in [0.15, 0.2) is 17.0 Å². The SMILES string of the molecule is Cc1cc(F)c(C(=O)O)cc1S. The summed E-state index contributed by atoms with van der Waals surface area (Å²) < 4.78 is 12.9. The van der Waals surface area contributed by atoms with E-state index in [9.17, 15) is 9.18 Å². The molecular weight excluding hydrogens is 179 g/mol. The lowest BCUT2D eigenvalue weighted by Gasteiger charge is -2.01. The van der Waals surface area contributed by atoms with Gasteiger partial charge in [-0.3, -0.25) is 0 Å². The molecule has 0 unspecified atom stereocenters. The molecule has 0 saturated heterocycles. The van der Waals surface area contributed by atoms with E-state index in [0.29, 0.717) is 10.5 Å². The highest BCUT2D eigenvalue weighted by atomic mass is 32.1. The average molecular weight is 186 g/mol. The molecule has 0 amide bonds. The molecule has 0 aliphatic carbocycles. The van der Waals surface area contributed by atoms with Gasteiger partial charge in [-0.2, -0.15) is 0 Å². The third-order valence-corrected chi connectivity index (χ3v) is 2.00. The fourth-order valence-electron chi connectivity index (χ4n) is 0.825. The second kappa shape index (κ2) is 3.15. The Morgan fingerprint density at radius 3 is 2.67 bits per heavy atom. The number of aryl methyl sites for hydroxylation is 1. The van der Waals surface area contributed by atoms with Crippen LogP contribution in [0, 0.1) is 12.7 Å². The second-order valence-corrected chi connectivity index (χ2v) is 2.91. The first-order valence-corrected chi connectivity index (χ1v) is 3.69. The van der Waals surface area contributed by atoms with E-state index in [1.54, 1.807) is 6.92 Å². The molecule has 1 aromatic carbocycles. The summed E-state index contributed by atoms with van der Waals surface area (Å²) in [5.41, 5.74) is 0.284. The van der Waals surface area contributed by atoms with Gasteiger partial charge in [-0.25, -0.2) is 9.18 Å². The van der Waals surface area contributed by atoms with Gasteiger partial charge in [-0.15, -0.1) is 12.6 Å². The van der Waals surface area contributed by atoms with E-state index in [0.717, 1.165) is 6.07 Å². The van der Waals surface area contributed by atoms with Crippen LogP contribution in [-0.4, -0.2) is 11.1 Å². The first-order chi connectivity index (χ1) is 5.52. The Kier molecular flexibility index (Phi) is 2.38. The van der Waals surface area contributed by atoms with Crippen LogP contribution in [0.4, 0.5) is 4.39 Å². The van der Waals surface area contributed by atoms with Gasteiger partial charge in [0.25, 0.3) is 0 Å². The first-order valence-electron chi connectivity index (χ1n) is 3.25. The van der Waals surface area contributed by atoms with E-state index in [1.807, 2.05) is 0 Å². The quantitative estimate of drug-likeness (QED) is 0.659. The Morgan fingerprint density at radius 1 is 1.58 bits per heavy atom. The van der Waals surface area contributed by atoms with Gasteiger partial charge in [0.2, 0.25) is 0 Å².